The molecule has 0 aliphatic heterocycles. The summed E-state index contributed by atoms with van der Waals surface area (Å²) in [5, 5.41) is 4.61. The van der Waals surface area contributed by atoms with Crippen LogP contribution in [0.4, 0.5) is 20.2 Å². The van der Waals surface area contributed by atoms with Crippen LogP contribution in [-0.4, -0.2) is 11.8 Å². The zero-order chi connectivity index (χ0) is 15.3. The second-order valence-corrected chi connectivity index (χ2v) is 4.97. The van der Waals surface area contributed by atoms with Gasteiger partial charge in [0.1, 0.15) is 11.6 Å². The van der Waals surface area contributed by atoms with Gasteiger partial charge in [0.2, 0.25) is 11.8 Å². The van der Waals surface area contributed by atoms with Gasteiger partial charge < -0.3 is 10.6 Å². The number of hydrogen-bond donors (Lipinski definition) is 2. The van der Waals surface area contributed by atoms with Crippen molar-refractivity contribution in [3.05, 3.63) is 23.8 Å². The average molecular weight is 284 g/mol. The molecular formula is C14H18F2N2O2. The van der Waals surface area contributed by atoms with Crippen LogP contribution in [0.5, 0.6) is 0 Å². The third kappa shape index (κ3) is 4.95. The van der Waals surface area contributed by atoms with Crippen LogP contribution in [0.15, 0.2) is 12.1 Å². The van der Waals surface area contributed by atoms with Gasteiger partial charge in [0.05, 0.1) is 11.4 Å². The first-order chi connectivity index (χ1) is 9.29. The summed E-state index contributed by atoms with van der Waals surface area (Å²) in [6.45, 7) is 5.16. The van der Waals surface area contributed by atoms with E-state index in [2.05, 4.69) is 10.6 Å². The second-order valence-electron chi connectivity index (χ2n) is 4.97. The summed E-state index contributed by atoms with van der Waals surface area (Å²) in [6, 6.07) is 1.70. The number of amides is 2. The zero-order valence-electron chi connectivity index (χ0n) is 11.7. The molecule has 0 unspecified atom stereocenters. The second kappa shape index (κ2) is 6.98. The lowest BCUT2D eigenvalue weighted by Crippen LogP contribution is -2.15. The van der Waals surface area contributed by atoms with E-state index in [-0.39, 0.29) is 23.7 Å². The molecular weight excluding hydrogens is 266 g/mol. The fourth-order valence-electron chi connectivity index (χ4n) is 1.56. The van der Waals surface area contributed by atoms with Gasteiger partial charge in [-0.3, -0.25) is 9.59 Å². The molecule has 0 spiro atoms. The van der Waals surface area contributed by atoms with Crippen LogP contribution in [-0.2, 0) is 9.59 Å². The number of nitrogens with one attached hydrogen (secondary N) is 2. The van der Waals surface area contributed by atoms with Crippen molar-refractivity contribution in [3.8, 4) is 0 Å². The van der Waals surface area contributed by atoms with Crippen LogP contribution in [0.1, 0.15) is 33.6 Å². The molecule has 0 fully saturated rings. The molecule has 0 heterocycles. The Balaban J connectivity index is 2.83. The fraction of sp³-hybridized carbons (Fsp3) is 0.429. The van der Waals surface area contributed by atoms with E-state index in [1.165, 1.54) is 6.92 Å². The number of anilines is 2. The van der Waals surface area contributed by atoms with Crippen LogP contribution in [0.2, 0.25) is 0 Å². The van der Waals surface area contributed by atoms with Crippen LogP contribution in [0.3, 0.4) is 0 Å². The smallest absolute Gasteiger partial charge is 0.224 e. The van der Waals surface area contributed by atoms with E-state index in [9.17, 15) is 18.4 Å². The third-order valence-corrected chi connectivity index (χ3v) is 2.59. The molecule has 2 amide bonds. The predicted molar refractivity (Wildman–Crippen MR) is 73.4 cm³/mol. The highest BCUT2D eigenvalue weighted by atomic mass is 19.1. The van der Waals surface area contributed by atoms with Gasteiger partial charge in [-0.25, -0.2) is 8.78 Å². The van der Waals surface area contributed by atoms with Gasteiger partial charge in [-0.2, -0.15) is 0 Å². The molecule has 0 bridgehead atoms. The molecule has 6 heteroatoms. The Morgan fingerprint density at radius 2 is 1.65 bits per heavy atom. The highest BCUT2D eigenvalue weighted by Gasteiger charge is 2.13. The van der Waals surface area contributed by atoms with Crippen molar-refractivity contribution >= 4 is 23.2 Å². The van der Waals surface area contributed by atoms with E-state index < -0.39 is 17.5 Å². The van der Waals surface area contributed by atoms with Crippen molar-refractivity contribution in [2.75, 3.05) is 10.6 Å². The molecule has 0 aromatic heterocycles. The highest BCUT2D eigenvalue weighted by Crippen LogP contribution is 2.23. The van der Waals surface area contributed by atoms with Crippen molar-refractivity contribution in [2.24, 2.45) is 5.92 Å². The van der Waals surface area contributed by atoms with Crippen molar-refractivity contribution in [2.45, 2.75) is 33.6 Å². The Labute approximate surface area is 116 Å². The van der Waals surface area contributed by atoms with Crippen LogP contribution >= 0.6 is 0 Å². The minimum absolute atomic E-state index is 0.149. The zero-order valence-corrected chi connectivity index (χ0v) is 11.7. The van der Waals surface area contributed by atoms with Gasteiger partial charge in [-0.15, -0.1) is 0 Å². The van der Waals surface area contributed by atoms with E-state index in [4.69, 9.17) is 0 Å². The average Bonchev–Trinajstić information content (AvgIpc) is 2.32. The lowest BCUT2D eigenvalue weighted by molar-refractivity contribution is -0.116. The van der Waals surface area contributed by atoms with Gasteiger partial charge in [0, 0.05) is 19.4 Å². The number of benzene rings is 1. The molecule has 0 radical (unpaired) electrons. The van der Waals surface area contributed by atoms with E-state index in [1.807, 2.05) is 13.8 Å². The Morgan fingerprint density at radius 1 is 1.10 bits per heavy atom. The van der Waals surface area contributed by atoms with Gasteiger partial charge in [-0.1, -0.05) is 13.8 Å². The predicted octanol–water partition coefficient (Wildman–Crippen LogP) is 3.30. The van der Waals surface area contributed by atoms with E-state index in [0.717, 1.165) is 6.07 Å². The Kier molecular flexibility index (Phi) is 5.61. The number of hydrogen-bond acceptors (Lipinski definition) is 2. The SMILES string of the molecule is CC(=O)Nc1cc(NC(=O)CCC(C)C)c(F)cc1F. The molecule has 0 saturated heterocycles. The molecule has 2 N–H and O–H groups in total. The molecule has 1 rings (SSSR count). The topological polar surface area (TPSA) is 58.2 Å². The Bertz CT molecular complexity index is 516. The van der Waals surface area contributed by atoms with E-state index in [1.54, 1.807) is 0 Å². The first-order valence-corrected chi connectivity index (χ1v) is 6.36. The van der Waals surface area contributed by atoms with Crippen molar-refractivity contribution in [1.82, 2.24) is 0 Å². The quantitative estimate of drug-likeness (QED) is 0.871. The number of carbonyl (C=O) groups is 2. The first kappa shape index (κ1) is 16.1. The molecule has 4 nitrogen and oxygen atoms in total. The van der Waals surface area contributed by atoms with Gasteiger partial charge in [-0.05, 0) is 18.4 Å². The first-order valence-electron chi connectivity index (χ1n) is 6.36. The number of halogens is 2. The minimum Gasteiger partial charge on any atom is -0.324 e. The minimum atomic E-state index is -0.891. The highest BCUT2D eigenvalue weighted by molar-refractivity contribution is 5.93. The molecule has 1 aromatic carbocycles. The monoisotopic (exact) mass is 284 g/mol. The maximum Gasteiger partial charge on any atom is 0.224 e. The largest absolute Gasteiger partial charge is 0.324 e. The fourth-order valence-corrected chi connectivity index (χ4v) is 1.56. The summed E-state index contributed by atoms with van der Waals surface area (Å²) in [5.74, 6) is -2.24. The summed E-state index contributed by atoms with van der Waals surface area (Å²) in [6.07, 6.45) is 0.928. The van der Waals surface area contributed by atoms with Crippen LogP contribution in [0, 0.1) is 17.6 Å². The van der Waals surface area contributed by atoms with Crippen molar-refractivity contribution in [1.29, 1.82) is 0 Å². The van der Waals surface area contributed by atoms with Gasteiger partial charge >= 0.3 is 0 Å². The Morgan fingerprint density at radius 3 is 2.15 bits per heavy atom. The molecule has 110 valence electrons. The standard InChI is InChI=1S/C14H18F2N2O2/c1-8(2)4-5-14(20)18-13-7-12(17-9(3)19)10(15)6-11(13)16/h6-8H,4-5H2,1-3H3,(H,17,19)(H,18,20). The molecule has 1 aromatic rings. The van der Waals surface area contributed by atoms with E-state index in [0.29, 0.717) is 18.4 Å². The maximum atomic E-state index is 13.6. The molecule has 0 atom stereocenters. The Hall–Kier alpha value is -1.98. The summed E-state index contributed by atoms with van der Waals surface area (Å²) in [4.78, 5) is 22.5. The van der Waals surface area contributed by atoms with Crippen LogP contribution < -0.4 is 10.6 Å². The van der Waals surface area contributed by atoms with Crippen molar-refractivity contribution in [3.63, 3.8) is 0 Å². The number of rotatable bonds is 5. The third-order valence-electron chi connectivity index (χ3n) is 2.59. The maximum absolute atomic E-state index is 13.6. The molecule has 0 saturated carbocycles. The van der Waals surface area contributed by atoms with Gasteiger partial charge in [0.25, 0.3) is 0 Å². The lowest BCUT2D eigenvalue weighted by Gasteiger charge is -2.11. The molecule has 20 heavy (non-hydrogen) atoms. The summed E-state index contributed by atoms with van der Waals surface area (Å²) in [5.41, 5.74) is -0.318. The number of carbonyl (C=O) groups excluding carboxylic acids is 2. The normalized spacial score (nSPS) is 10.5. The summed E-state index contributed by atoms with van der Waals surface area (Å²) in [7, 11) is 0. The van der Waals surface area contributed by atoms with Crippen LogP contribution in [0.25, 0.3) is 0 Å². The van der Waals surface area contributed by atoms with Crippen molar-refractivity contribution < 1.29 is 18.4 Å². The van der Waals surface area contributed by atoms with Gasteiger partial charge in [0.15, 0.2) is 0 Å². The molecule has 0 aliphatic carbocycles. The summed E-state index contributed by atoms with van der Waals surface area (Å²) < 4.78 is 27.0. The molecule has 0 aliphatic rings. The lowest BCUT2D eigenvalue weighted by atomic mass is 10.1. The summed E-state index contributed by atoms with van der Waals surface area (Å²) >= 11 is 0. The van der Waals surface area contributed by atoms with E-state index >= 15 is 0 Å².